The molecule has 0 spiro atoms. The van der Waals surface area contributed by atoms with Gasteiger partial charge in [-0.05, 0) is 58.6 Å². The number of carbonyl (C=O) groups is 2. The highest BCUT2D eigenvalue weighted by molar-refractivity contribution is 7.13. The molecule has 0 fully saturated rings. The number of nitrogens with zero attached hydrogens (tertiary/aromatic N) is 3. The van der Waals surface area contributed by atoms with Gasteiger partial charge in [0.25, 0.3) is 0 Å². The topological polar surface area (TPSA) is 56.9 Å². The van der Waals surface area contributed by atoms with Gasteiger partial charge < -0.3 is 4.57 Å². The first-order chi connectivity index (χ1) is 17.6. The summed E-state index contributed by atoms with van der Waals surface area (Å²) in [5, 5.41) is 3.94. The predicted molar refractivity (Wildman–Crippen MR) is 144 cm³/mol. The summed E-state index contributed by atoms with van der Waals surface area (Å²) in [4.78, 5) is 32.9. The average molecular weight is 486 g/mol. The lowest BCUT2D eigenvalue weighted by Gasteiger charge is -2.07. The van der Waals surface area contributed by atoms with Crippen LogP contribution in [0.25, 0.3) is 44.3 Å². The molecule has 0 aliphatic heterocycles. The minimum atomic E-state index is -0.258. The third-order valence-electron chi connectivity index (χ3n) is 6.80. The minimum Gasteiger partial charge on any atom is -0.326 e. The molecule has 3 heterocycles. The minimum absolute atomic E-state index is 0.145. The fraction of sp³-hybridized carbons (Fsp3) is 0.0333. The van der Waals surface area contributed by atoms with Gasteiger partial charge in [0.1, 0.15) is 5.82 Å². The normalized spacial score (nSPS) is 13.2. The number of imidazole rings is 1. The van der Waals surface area contributed by atoms with E-state index in [0.717, 1.165) is 38.2 Å². The Hall–Kier alpha value is -4.55. The van der Waals surface area contributed by atoms with E-state index in [4.69, 9.17) is 4.98 Å². The van der Waals surface area contributed by atoms with Gasteiger partial charge in [-0.15, -0.1) is 11.3 Å². The van der Waals surface area contributed by atoms with Gasteiger partial charge in [-0.3, -0.25) is 14.2 Å². The first kappa shape index (κ1) is 20.8. The summed E-state index contributed by atoms with van der Waals surface area (Å²) in [6.45, 7) is 0. The molecule has 3 aromatic carbocycles. The molecule has 172 valence electrons. The standard InChI is InChI=1S/C30H19N3O2S/c1-32-24(26-12-7-13-36-26)17-25-30(32)31-27(33(25)20-10-3-2-4-11-20)16-23-28(34)21-14-18-8-5-6-9-19(18)15-22(21)29(23)35/h2-17H,1H3. The van der Waals surface area contributed by atoms with E-state index in [0.29, 0.717) is 17.0 Å². The Kier molecular flexibility index (Phi) is 4.46. The van der Waals surface area contributed by atoms with Crippen LogP contribution in [0.4, 0.5) is 0 Å². The number of Topliss-reactive ketones (excluding diaryl/α,β-unsaturated/α-hetero) is 2. The molecule has 0 atom stereocenters. The fourth-order valence-electron chi connectivity index (χ4n) is 5.03. The number of ketones is 2. The summed E-state index contributed by atoms with van der Waals surface area (Å²) in [5.74, 6) is 0.0342. The summed E-state index contributed by atoms with van der Waals surface area (Å²) in [6.07, 6.45) is 1.65. The molecule has 1 aliphatic rings. The molecule has 3 aromatic heterocycles. The second-order valence-corrected chi connectivity index (χ2v) is 9.82. The number of allylic oxidation sites excluding steroid dienone is 1. The molecule has 0 saturated carbocycles. The van der Waals surface area contributed by atoms with Crippen molar-refractivity contribution in [2.75, 3.05) is 0 Å². The Balaban J connectivity index is 1.44. The van der Waals surface area contributed by atoms with Crippen molar-refractivity contribution in [3.8, 4) is 16.3 Å². The van der Waals surface area contributed by atoms with Gasteiger partial charge in [0.2, 0.25) is 0 Å². The summed E-state index contributed by atoms with van der Waals surface area (Å²) in [5.41, 5.74) is 4.73. The van der Waals surface area contributed by atoms with Gasteiger partial charge in [-0.25, -0.2) is 4.98 Å². The predicted octanol–water partition coefficient (Wildman–Crippen LogP) is 6.71. The maximum Gasteiger partial charge on any atom is 0.197 e. The van der Waals surface area contributed by atoms with Gasteiger partial charge in [-0.2, -0.15) is 0 Å². The lowest BCUT2D eigenvalue weighted by molar-refractivity contribution is 0.0990. The van der Waals surface area contributed by atoms with Crippen LogP contribution >= 0.6 is 11.3 Å². The van der Waals surface area contributed by atoms with Crippen molar-refractivity contribution in [1.29, 1.82) is 0 Å². The number of aromatic nitrogens is 3. The number of hydrogen-bond donors (Lipinski definition) is 0. The fourth-order valence-corrected chi connectivity index (χ4v) is 5.81. The van der Waals surface area contributed by atoms with Crippen LogP contribution in [0.5, 0.6) is 0 Å². The van der Waals surface area contributed by atoms with Gasteiger partial charge >= 0.3 is 0 Å². The molecule has 36 heavy (non-hydrogen) atoms. The monoisotopic (exact) mass is 485 g/mol. The molecule has 0 radical (unpaired) electrons. The third kappa shape index (κ3) is 2.98. The van der Waals surface area contributed by atoms with Crippen molar-refractivity contribution in [1.82, 2.24) is 14.1 Å². The van der Waals surface area contributed by atoms with Gasteiger partial charge in [-0.1, -0.05) is 48.5 Å². The first-order valence-corrected chi connectivity index (χ1v) is 12.5. The molecule has 5 nitrogen and oxygen atoms in total. The summed E-state index contributed by atoms with van der Waals surface area (Å²) in [6, 6.07) is 27.5. The Morgan fingerprint density at radius 1 is 0.806 bits per heavy atom. The van der Waals surface area contributed by atoms with Crippen molar-refractivity contribution in [2.24, 2.45) is 7.05 Å². The van der Waals surface area contributed by atoms with Crippen LogP contribution in [-0.4, -0.2) is 25.7 Å². The summed E-state index contributed by atoms with van der Waals surface area (Å²) in [7, 11) is 1.99. The molecule has 0 saturated heterocycles. The summed E-state index contributed by atoms with van der Waals surface area (Å²) < 4.78 is 4.07. The van der Waals surface area contributed by atoms with Crippen LogP contribution < -0.4 is 0 Å². The number of aryl methyl sites for hydroxylation is 1. The zero-order valence-corrected chi connectivity index (χ0v) is 20.1. The van der Waals surface area contributed by atoms with Gasteiger partial charge in [0, 0.05) is 23.9 Å². The van der Waals surface area contributed by atoms with Crippen molar-refractivity contribution in [3.63, 3.8) is 0 Å². The number of para-hydroxylation sites is 1. The molecule has 1 aliphatic carbocycles. The highest BCUT2D eigenvalue weighted by Crippen LogP contribution is 2.35. The van der Waals surface area contributed by atoms with E-state index in [2.05, 4.69) is 22.1 Å². The maximum absolute atomic E-state index is 13.4. The highest BCUT2D eigenvalue weighted by Gasteiger charge is 2.34. The van der Waals surface area contributed by atoms with E-state index in [1.807, 2.05) is 84.4 Å². The van der Waals surface area contributed by atoms with Crippen LogP contribution in [0.3, 0.4) is 0 Å². The molecular weight excluding hydrogens is 466 g/mol. The van der Waals surface area contributed by atoms with Gasteiger partial charge in [0.15, 0.2) is 17.2 Å². The zero-order chi connectivity index (χ0) is 24.4. The quantitative estimate of drug-likeness (QED) is 0.207. The number of benzene rings is 3. The smallest absolute Gasteiger partial charge is 0.197 e. The second kappa shape index (κ2) is 7.73. The van der Waals surface area contributed by atoms with Gasteiger partial charge in [0.05, 0.1) is 21.7 Å². The van der Waals surface area contributed by atoms with E-state index in [9.17, 15) is 9.59 Å². The van der Waals surface area contributed by atoms with Crippen molar-refractivity contribution < 1.29 is 9.59 Å². The van der Waals surface area contributed by atoms with E-state index in [-0.39, 0.29) is 17.1 Å². The molecule has 0 bridgehead atoms. The molecule has 6 aromatic rings. The van der Waals surface area contributed by atoms with E-state index in [1.54, 1.807) is 17.4 Å². The van der Waals surface area contributed by atoms with E-state index < -0.39 is 0 Å². The molecule has 7 rings (SSSR count). The molecule has 0 amide bonds. The SMILES string of the molecule is Cn1c(-c2cccs2)cc2c1nc(C=C1C(=O)c3cc4ccccc4cc3C1=O)n2-c1ccccc1. The Morgan fingerprint density at radius 2 is 1.47 bits per heavy atom. The Labute approximate surface area is 210 Å². The first-order valence-electron chi connectivity index (χ1n) is 11.6. The largest absolute Gasteiger partial charge is 0.326 e. The van der Waals surface area contributed by atoms with Crippen molar-refractivity contribution in [2.45, 2.75) is 0 Å². The van der Waals surface area contributed by atoms with Crippen LogP contribution in [0.2, 0.25) is 0 Å². The van der Waals surface area contributed by atoms with Crippen LogP contribution in [-0.2, 0) is 7.05 Å². The average Bonchev–Trinajstić information content (AvgIpc) is 3.66. The van der Waals surface area contributed by atoms with E-state index in [1.165, 1.54) is 0 Å². The molecule has 0 unspecified atom stereocenters. The number of rotatable bonds is 3. The van der Waals surface area contributed by atoms with Crippen LogP contribution in [0.1, 0.15) is 26.5 Å². The lowest BCUT2D eigenvalue weighted by atomic mass is 10.0. The number of fused-ring (bicyclic) bond motifs is 3. The summed E-state index contributed by atoms with van der Waals surface area (Å²) >= 11 is 1.68. The van der Waals surface area contributed by atoms with Crippen molar-refractivity contribution in [3.05, 3.63) is 113 Å². The van der Waals surface area contributed by atoms with Crippen LogP contribution in [0.15, 0.2) is 95.9 Å². The maximum atomic E-state index is 13.4. The lowest BCUT2D eigenvalue weighted by Crippen LogP contribution is -2.03. The van der Waals surface area contributed by atoms with Crippen molar-refractivity contribution >= 4 is 50.9 Å². The van der Waals surface area contributed by atoms with E-state index >= 15 is 0 Å². The second-order valence-electron chi connectivity index (χ2n) is 8.88. The Bertz CT molecular complexity index is 1820. The number of carbonyl (C=O) groups excluding carboxylic acids is 2. The Morgan fingerprint density at radius 3 is 2.11 bits per heavy atom. The molecule has 0 N–H and O–H groups in total. The third-order valence-corrected chi connectivity index (χ3v) is 7.69. The molecule has 6 heteroatoms. The number of thiophene rings is 1. The number of hydrogen-bond acceptors (Lipinski definition) is 4. The molecular formula is C30H19N3O2S. The zero-order valence-electron chi connectivity index (χ0n) is 19.3. The van der Waals surface area contributed by atoms with Crippen LogP contribution in [0, 0.1) is 0 Å². The highest BCUT2D eigenvalue weighted by atomic mass is 32.1.